The minimum Gasteiger partial charge on any atom is -0.379 e. The Balaban J connectivity index is 0.00000320. The fourth-order valence-electron chi connectivity index (χ4n) is 3.56. The molecular formula is C22H32FIN4OS. The Morgan fingerprint density at radius 1 is 1.17 bits per heavy atom. The predicted octanol–water partition coefficient (Wildman–Crippen LogP) is 3.92. The van der Waals surface area contributed by atoms with Crippen LogP contribution in [0.15, 0.2) is 46.8 Å². The molecule has 30 heavy (non-hydrogen) atoms. The molecule has 2 heterocycles. The van der Waals surface area contributed by atoms with Gasteiger partial charge in [-0.05, 0) is 41.5 Å². The van der Waals surface area contributed by atoms with E-state index in [1.807, 2.05) is 12.1 Å². The van der Waals surface area contributed by atoms with Gasteiger partial charge in [-0.3, -0.25) is 9.89 Å². The van der Waals surface area contributed by atoms with Crippen LogP contribution in [0.25, 0.3) is 0 Å². The first kappa shape index (κ1) is 25.0. The molecular weight excluding hydrogens is 514 g/mol. The first-order chi connectivity index (χ1) is 14.2. The van der Waals surface area contributed by atoms with E-state index in [0.717, 1.165) is 50.8 Å². The number of benzene rings is 1. The van der Waals surface area contributed by atoms with Crippen molar-refractivity contribution in [2.45, 2.75) is 19.4 Å². The second-order valence-electron chi connectivity index (χ2n) is 7.44. The number of morpholine rings is 1. The zero-order valence-electron chi connectivity index (χ0n) is 17.6. The summed E-state index contributed by atoms with van der Waals surface area (Å²) >= 11 is 1.80. The SMILES string of the molecule is CN=C(NCC(C)Cc1cccs1)NCC(c1ccc(F)cc1)N1CCOCC1.I. The maximum Gasteiger partial charge on any atom is 0.191 e. The van der Waals surface area contributed by atoms with Crippen molar-refractivity contribution in [3.63, 3.8) is 0 Å². The topological polar surface area (TPSA) is 48.9 Å². The molecule has 5 nitrogen and oxygen atoms in total. The number of ether oxygens (including phenoxy) is 1. The van der Waals surface area contributed by atoms with Crippen LogP contribution in [0.2, 0.25) is 0 Å². The normalized spacial score (nSPS) is 17.1. The van der Waals surface area contributed by atoms with Crippen LogP contribution in [0.3, 0.4) is 0 Å². The Bertz CT molecular complexity index is 751. The Kier molecular flexibility index (Phi) is 11.0. The highest BCUT2D eigenvalue weighted by atomic mass is 127. The standard InChI is InChI=1S/C22H31FN4OS.HI/c1-17(14-20-4-3-13-29-20)15-25-22(24-2)26-16-21(27-9-11-28-12-10-27)18-5-7-19(23)8-6-18;/h3-8,13,17,21H,9-12,14-16H2,1-2H3,(H2,24,25,26);1H. The van der Waals surface area contributed by atoms with Crippen LogP contribution in [0, 0.1) is 11.7 Å². The molecule has 0 radical (unpaired) electrons. The molecule has 2 unspecified atom stereocenters. The summed E-state index contributed by atoms with van der Waals surface area (Å²) in [5, 5.41) is 9.02. The Labute approximate surface area is 200 Å². The van der Waals surface area contributed by atoms with Crippen molar-refractivity contribution in [1.82, 2.24) is 15.5 Å². The Hall–Kier alpha value is -1.23. The van der Waals surface area contributed by atoms with Crippen molar-refractivity contribution >= 4 is 41.3 Å². The third-order valence-corrected chi connectivity index (χ3v) is 6.07. The summed E-state index contributed by atoms with van der Waals surface area (Å²) in [6.07, 6.45) is 1.06. The van der Waals surface area contributed by atoms with Crippen LogP contribution in [-0.2, 0) is 11.2 Å². The molecule has 1 aliphatic rings. The van der Waals surface area contributed by atoms with Gasteiger partial charge in [0.1, 0.15) is 5.82 Å². The van der Waals surface area contributed by atoms with Crippen molar-refractivity contribution in [3.05, 3.63) is 58.0 Å². The predicted molar refractivity (Wildman–Crippen MR) is 133 cm³/mol. The molecule has 0 aliphatic carbocycles. The fourth-order valence-corrected chi connectivity index (χ4v) is 4.43. The highest BCUT2D eigenvalue weighted by Gasteiger charge is 2.23. The summed E-state index contributed by atoms with van der Waals surface area (Å²) in [5.74, 6) is 1.10. The second-order valence-corrected chi connectivity index (χ2v) is 8.47. The summed E-state index contributed by atoms with van der Waals surface area (Å²) in [4.78, 5) is 8.17. The van der Waals surface area contributed by atoms with Crippen molar-refractivity contribution < 1.29 is 9.13 Å². The number of hydrogen-bond acceptors (Lipinski definition) is 4. The van der Waals surface area contributed by atoms with Gasteiger partial charge in [0, 0.05) is 38.1 Å². The Morgan fingerprint density at radius 2 is 1.87 bits per heavy atom. The van der Waals surface area contributed by atoms with E-state index in [1.165, 1.54) is 17.0 Å². The van der Waals surface area contributed by atoms with Crippen LogP contribution in [0.1, 0.15) is 23.4 Å². The lowest BCUT2D eigenvalue weighted by molar-refractivity contribution is 0.0170. The third kappa shape index (κ3) is 7.79. The first-order valence-corrected chi connectivity index (χ1v) is 11.1. The van der Waals surface area contributed by atoms with E-state index in [1.54, 1.807) is 18.4 Å². The molecule has 1 fully saturated rings. The molecule has 1 aromatic heterocycles. The van der Waals surface area contributed by atoms with E-state index in [0.29, 0.717) is 12.5 Å². The van der Waals surface area contributed by atoms with Gasteiger partial charge >= 0.3 is 0 Å². The van der Waals surface area contributed by atoms with Gasteiger partial charge in [0.25, 0.3) is 0 Å². The minimum atomic E-state index is -0.209. The number of thiophene rings is 1. The van der Waals surface area contributed by atoms with Crippen LogP contribution >= 0.6 is 35.3 Å². The summed E-state index contributed by atoms with van der Waals surface area (Å²) < 4.78 is 18.9. The molecule has 1 aliphatic heterocycles. The zero-order chi connectivity index (χ0) is 20.5. The summed E-state index contributed by atoms with van der Waals surface area (Å²) in [6, 6.07) is 11.2. The third-order valence-electron chi connectivity index (χ3n) is 5.18. The average molecular weight is 546 g/mol. The van der Waals surface area contributed by atoms with E-state index in [4.69, 9.17) is 4.74 Å². The van der Waals surface area contributed by atoms with Gasteiger partial charge in [0.15, 0.2) is 5.96 Å². The minimum absolute atomic E-state index is 0. The van der Waals surface area contributed by atoms with E-state index in [2.05, 4.69) is 45.0 Å². The zero-order valence-corrected chi connectivity index (χ0v) is 20.8. The number of hydrogen-bond donors (Lipinski definition) is 2. The number of nitrogens with one attached hydrogen (secondary N) is 2. The van der Waals surface area contributed by atoms with Crippen LogP contribution in [0.5, 0.6) is 0 Å². The van der Waals surface area contributed by atoms with Gasteiger partial charge in [-0.25, -0.2) is 4.39 Å². The summed E-state index contributed by atoms with van der Waals surface area (Å²) in [5.41, 5.74) is 1.10. The average Bonchev–Trinajstić information content (AvgIpc) is 3.25. The number of nitrogens with zero attached hydrogens (tertiary/aromatic N) is 2. The van der Waals surface area contributed by atoms with Crippen molar-refractivity contribution in [3.8, 4) is 0 Å². The van der Waals surface area contributed by atoms with Crippen LogP contribution < -0.4 is 10.6 Å². The maximum atomic E-state index is 13.4. The molecule has 0 saturated carbocycles. The molecule has 1 saturated heterocycles. The molecule has 3 rings (SSSR count). The van der Waals surface area contributed by atoms with E-state index < -0.39 is 0 Å². The highest BCUT2D eigenvalue weighted by molar-refractivity contribution is 14.0. The number of guanidine groups is 1. The molecule has 166 valence electrons. The lowest BCUT2D eigenvalue weighted by Crippen LogP contribution is -2.47. The molecule has 2 aromatic rings. The highest BCUT2D eigenvalue weighted by Crippen LogP contribution is 2.21. The van der Waals surface area contributed by atoms with Crippen molar-refractivity contribution in [1.29, 1.82) is 0 Å². The lowest BCUT2D eigenvalue weighted by Gasteiger charge is -2.35. The second kappa shape index (κ2) is 13.2. The van der Waals surface area contributed by atoms with E-state index in [-0.39, 0.29) is 35.8 Å². The molecule has 0 amide bonds. The van der Waals surface area contributed by atoms with Gasteiger partial charge in [-0.1, -0.05) is 25.1 Å². The van der Waals surface area contributed by atoms with Gasteiger partial charge in [-0.15, -0.1) is 35.3 Å². The summed E-state index contributed by atoms with van der Waals surface area (Å²) in [7, 11) is 1.79. The molecule has 2 N–H and O–H groups in total. The van der Waals surface area contributed by atoms with Crippen molar-refractivity contribution in [2.75, 3.05) is 46.4 Å². The summed E-state index contributed by atoms with van der Waals surface area (Å²) in [6.45, 7) is 6.99. The van der Waals surface area contributed by atoms with Gasteiger partial charge in [-0.2, -0.15) is 0 Å². The smallest absolute Gasteiger partial charge is 0.191 e. The molecule has 8 heteroatoms. The Morgan fingerprint density at radius 3 is 2.50 bits per heavy atom. The van der Waals surface area contributed by atoms with Gasteiger partial charge in [0.2, 0.25) is 0 Å². The van der Waals surface area contributed by atoms with Crippen LogP contribution in [0.4, 0.5) is 4.39 Å². The van der Waals surface area contributed by atoms with Gasteiger partial charge < -0.3 is 15.4 Å². The number of aliphatic imine (C=N–C) groups is 1. The maximum absolute atomic E-state index is 13.4. The lowest BCUT2D eigenvalue weighted by atomic mass is 10.0. The molecule has 0 bridgehead atoms. The number of rotatable bonds is 8. The molecule has 1 aromatic carbocycles. The number of halogens is 2. The van der Waals surface area contributed by atoms with E-state index in [9.17, 15) is 4.39 Å². The largest absolute Gasteiger partial charge is 0.379 e. The monoisotopic (exact) mass is 546 g/mol. The quantitative estimate of drug-likeness (QED) is 0.300. The van der Waals surface area contributed by atoms with Gasteiger partial charge in [0.05, 0.1) is 19.3 Å². The molecule has 0 spiro atoms. The fraction of sp³-hybridized carbons (Fsp3) is 0.500. The first-order valence-electron chi connectivity index (χ1n) is 10.2. The van der Waals surface area contributed by atoms with Crippen molar-refractivity contribution in [2.24, 2.45) is 10.9 Å². The molecule has 2 atom stereocenters. The van der Waals surface area contributed by atoms with Crippen LogP contribution in [-0.4, -0.2) is 57.3 Å². The van der Waals surface area contributed by atoms with E-state index >= 15 is 0 Å².